The van der Waals surface area contributed by atoms with E-state index < -0.39 is 5.97 Å². The number of hydrogen-bond donors (Lipinski definition) is 1. The van der Waals surface area contributed by atoms with Gasteiger partial charge in [-0.05, 0) is 20.8 Å². The van der Waals surface area contributed by atoms with Crippen LogP contribution in [0.3, 0.4) is 0 Å². The molecule has 1 aromatic heterocycles. The van der Waals surface area contributed by atoms with Gasteiger partial charge in [-0.2, -0.15) is 0 Å². The third kappa shape index (κ3) is 3.67. The Morgan fingerprint density at radius 3 is 2.65 bits per heavy atom. The molecule has 0 aromatic carbocycles. The molecule has 0 fully saturated rings. The maximum atomic E-state index is 11.4. The van der Waals surface area contributed by atoms with Crippen molar-refractivity contribution in [3.8, 4) is 0 Å². The summed E-state index contributed by atoms with van der Waals surface area (Å²) in [5, 5.41) is 3.85. The van der Waals surface area contributed by atoms with E-state index in [0.29, 0.717) is 17.4 Å². The minimum Gasteiger partial charge on any atom is -0.464 e. The molecule has 5 nitrogen and oxygen atoms in total. The smallest absolute Gasteiger partial charge is 0.357 e. The van der Waals surface area contributed by atoms with Gasteiger partial charge < -0.3 is 14.8 Å². The lowest BCUT2D eigenvalue weighted by Gasteiger charge is -2.22. The summed E-state index contributed by atoms with van der Waals surface area (Å²) in [6.45, 7) is 6.41. The van der Waals surface area contributed by atoms with Gasteiger partial charge in [-0.25, -0.2) is 9.78 Å². The maximum absolute atomic E-state index is 11.4. The molecule has 6 heteroatoms. The molecule has 1 N–H and O–H groups in total. The van der Waals surface area contributed by atoms with E-state index in [1.807, 2.05) is 20.8 Å². The number of nitrogens with zero attached hydrogens (tertiary/aromatic N) is 1. The first-order valence-electron chi connectivity index (χ1n) is 5.24. The lowest BCUT2D eigenvalue weighted by Crippen LogP contribution is -2.32. The Morgan fingerprint density at radius 2 is 2.12 bits per heavy atom. The Kier molecular flexibility index (Phi) is 4.47. The number of esters is 1. The molecule has 1 rings (SSSR count). The topological polar surface area (TPSA) is 60.5 Å². The van der Waals surface area contributed by atoms with Gasteiger partial charge in [0.15, 0.2) is 10.8 Å². The summed E-state index contributed by atoms with van der Waals surface area (Å²) in [4.78, 5) is 16.4. The number of aromatic nitrogens is 1. The zero-order valence-corrected chi connectivity index (χ0v) is 11.6. The molecule has 0 bridgehead atoms. The molecule has 1 aromatic rings. The highest BCUT2D eigenvalue weighted by Gasteiger charge is 2.19. The minimum absolute atomic E-state index is 0.273. The van der Waals surface area contributed by atoms with E-state index in [4.69, 9.17) is 4.74 Å². The molecule has 96 valence electrons. The van der Waals surface area contributed by atoms with Crippen molar-refractivity contribution in [1.82, 2.24) is 4.98 Å². The molecule has 0 unspecified atom stereocenters. The van der Waals surface area contributed by atoms with Crippen LogP contribution in [0.15, 0.2) is 0 Å². The molecule has 0 aliphatic carbocycles. The zero-order valence-electron chi connectivity index (χ0n) is 10.8. The number of anilines is 1. The Hall–Kier alpha value is -1.14. The normalized spacial score (nSPS) is 11.4. The molecule has 0 amide bonds. The van der Waals surface area contributed by atoms with Crippen LogP contribution >= 0.6 is 11.3 Å². The van der Waals surface area contributed by atoms with Gasteiger partial charge in [0.25, 0.3) is 0 Å². The summed E-state index contributed by atoms with van der Waals surface area (Å²) in [6.07, 6.45) is 0. The molecule has 0 spiro atoms. The van der Waals surface area contributed by atoms with Gasteiger partial charge in [0.05, 0.1) is 12.7 Å². The van der Waals surface area contributed by atoms with Crippen LogP contribution < -0.4 is 5.32 Å². The standard InChI is InChI=1S/C11H18N2O3S/c1-7-8(9(14)15-4)13-10(17-7)12-6-11(2,3)16-5/h6H2,1-5H3,(H,12,13). The lowest BCUT2D eigenvalue weighted by atomic mass is 10.1. The first kappa shape index (κ1) is 13.9. The van der Waals surface area contributed by atoms with Crippen molar-refractivity contribution in [2.45, 2.75) is 26.4 Å². The van der Waals surface area contributed by atoms with E-state index in [1.165, 1.54) is 18.4 Å². The quantitative estimate of drug-likeness (QED) is 0.819. The number of rotatable bonds is 5. The first-order valence-corrected chi connectivity index (χ1v) is 6.06. The van der Waals surface area contributed by atoms with E-state index in [-0.39, 0.29) is 5.60 Å². The van der Waals surface area contributed by atoms with Gasteiger partial charge in [-0.1, -0.05) is 0 Å². The number of hydrogen-bond acceptors (Lipinski definition) is 6. The van der Waals surface area contributed by atoms with E-state index in [0.717, 1.165) is 4.88 Å². The van der Waals surface area contributed by atoms with Gasteiger partial charge in [-0.3, -0.25) is 0 Å². The molecular formula is C11H18N2O3S. The van der Waals surface area contributed by atoms with Crippen molar-refractivity contribution in [3.05, 3.63) is 10.6 Å². The third-order valence-corrected chi connectivity index (χ3v) is 3.32. The summed E-state index contributed by atoms with van der Waals surface area (Å²) >= 11 is 1.43. The number of carbonyl (C=O) groups is 1. The van der Waals surface area contributed by atoms with Crippen molar-refractivity contribution < 1.29 is 14.3 Å². The maximum Gasteiger partial charge on any atom is 0.357 e. The van der Waals surface area contributed by atoms with Gasteiger partial charge in [-0.15, -0.1) is 11.3 Å². The predicted octanol–water partition coefficient (Wildman–Crippen LogP) is 2.08. The van der Waals surface area contributed by atoms with Crippen LogP contribution in [0, 0.1) is 6.92 Å². The highest BCUT2D eigenvalue weighted by molar-refractivity contribution is 7.15. The van der Waals surface area contributed by atoms with Crippen LogP contribution in [0.1, 0.15) is 29.2 Å². The predicted molar refractivity (Wildman–Crippen MR) is 67.8 cm³/mol. The molecule has 17 heavy (non-hydrogen) atoms. The average Bonchev–Trinajstić information content (AvgIpc) is 2.67. The van der Waals surface area contributed by atoms with Crippen molar-refractivity contribution >= 4 is 22.4 Å². The van der Waals surface area contributed by atoms with Gasteiger partial charge in [0.1, 0.15) is 0 Å². The van der Waals surface area contributed by atoms with Crippen molar-refractivity contribution in [1.29, 1.82) is 0 Å². The number of ether oxygens (including phenoxy) is 2. The fourth-order valence-electron chi connectivity index (χ4n) is 1.12. The molecule has 0 aliphatic rings. The van der Waals surface area contributed by atoms with Crippen LogP contribution in [0.5, 0.6) is 0 Å². The fourth-order valence-corrected chi connectivity index (χ4v) is 1.92. The highest BCUT2D eigenvalue weighted by Crippen LogP contribution is 2.23. The Labute approximate surface area is 105 Å². The summed E-state index contributed by atoms with van der Waals surface area (Å²) < 4.78 is 9.94. The Morgan fingerprint density at radius 1 is 1.47 bits per heavy atom. The summed E-state index contributed by atoms with van der Waals surface area (Å²) in [5.74, 6) is -0.405. The number of aryl methyl sites for hydroxylation is 1. The zero-order chi connectivity index (χ0) is 13.1. The number of nitrogens with one attached hydrogen (secondary N) is 1. The first-order chi connectivity index (χ1) is 7.89. The number of carbonyl (C=O) groups excluding carboxylic acids is 1. The third-order valence-electron chi connectivity index (χ3n) is 2.39. The Balaban J connectivity index is 2.71. The molecule has 0 aliphatic heterocycles. The van der Waals surface area contributed by atoms with Gasteiger partial charge in [0, 0.05) is 18.5 Å². The van der Waals surface area contributed by atoms with Crippen molar-refractivity contribution in [2.24, 2.45) is 0 Å². The second-order valence-corrected chi connectivity index (χ2v) is 5.44. The lowest BCUT2D eigenvalue weighted by molar-refractivity contribution is 0.0344. The second-order valence-electron chi connectivity index (χ2n) is 4.23. The van der Waals surface area contributed by atoms with E-state index >= 15 is 0 Å². The molecule has 0 saturated carbocycles. The monoisotopic (exact) mass is 258 g/mol. The largest absolute Gasteiger partial charge is 0.464 e. The summed E-state index contributed by atoms with van der Waals surface area (Å²) in [6, 6.07) is 0. The number of methoxy groups -OCH3 is 2. The number of thiazole rings is 1. The van der Waals surface area contributed by atoms with Crippen LogP contribution in [-0.4, -0.2) is 37.3 Å². The van der Waals surface area contributed by atoms with Gasteiger partial charge in [0.2, 0.25) is 0 Å². The van der Waals surface area contributed by atoms with E-state index in [1.54, 1.807) is 7.11 Å². The van der Waals surface area contributed by atoms with Crippen molar-refractivity contribution in [3.63, 3.8) is 0 Å². The van der Waals surface area contributed by atoms with Crippen LogP contribution in [0.2, 0.25) is 0 Å². The average molecular weight is 258 g/mol. The van der Waals surface area contributed by atoms with E-state index in [2.05, 4.69) is 15.0 Å². The minimum atomic E-state index is -0.405. The highest BCUT2D eigenvalue weighted by atomic mass is 32.1. The van der Waals surface area contributed by atoms with Crippen LogP contribution in [0.4, 0.5) is 5.13 Å². The summed E-state index contributed by atoms with van der Waals surface area (Å²) in [7, 11) is 3.01. The fraction of sp³-hybridized carbons (Fsp3) is 0.636. The van der Waals surface area contributed by atoms with Crippen LogP contribution in [0.25, 0.3) is 0 Å². The molecule has 0 atom stereocenters. The summed E-state index contributed by atoms with van der Waals surface area (Å²) in [5.41, 5.74) is 0.0978. The van der Waals surface area contributed by atoms with E-state index in [9.17, 15) is 4.79 Å². The second kappa shape index (κ2) is 5.46. The van der Waals surface area contributed by atoms with Crippen LogP contribution in [-0.2, 0) is 9.47 Å². The SMILES string of the molecule is COC(=O)c1nc(NCC(C)(C)OC)sc1C. The van der Waals surface area contributed by atoms with Gasteiger partial charge >= 0.3 is 5.97 Å². The van der Waals surface area contributed by atoms with Crippen molar-refractivity contribution in [2.75, 3.05) is 26.1 Å². The molecule has 0 saturated heterocycles. The molecule has 1 heterocycles. The molecule has 0 radical (unpaired) electrons. The molecular weight excluding hydrogens is 240 g/mol. The Bertz CT molecular complexity index is 401.